The molecule has 2 rings (SSSR count). The Labute approximate surface area is 119 Å². The summed E-state index contributed by atoms with van der Waals surface area (Å²) >= 11 is 0. The van der Waals surface area contributed by atoms with Gasteiger partial charge in [-0.1, -0.05) is 44.2 Å². The summed E-state index contributed by atoms with van der Waals surface area (Å²) in [5.41, 5.74) is 0.479. The van der Waals surface area contributed by atoms with Crippen molar-refractivity contribution in [3.63, 3.8) is 0 Å². The minimum atomic E-state index is -0.458. The van der Waals surface area contributed by atoms with Crippen molar-refractivity contribution in [2.75, 3.05) is 7.05 Å². The van der Waals surface area contributed by atoms with Crippen LogP contribution in [-0.2, 0) is 4.79 Å². The molecule has 0 bridgehead atoms. The molecule has 0 aliphatic carbocycles. The lowest BCUT2D eigenvalue weighted by atomic mass is 9.98. The molecule has 20 heavy (non-hydrogen) atoms. The van der Waals surface area contributed by atoms with Gasteiger partial charge in [0.05, 0.1) is 0 Å². The first-order chi connectivity index (χ1) is 9.36. The monoisotopic (exact) mass is 272 g/mol. The first kappa shape index (κ1) is 14.3. The minimum absolute atomic E-state index is 0.148. The smallest absolute Gasteiger partial charge is 0.271 e. The SMILES string of the molecule is CC(C)C1(C)N/C(=C\C(=O)c2ccccc2)C(=O)N1C. The van der Waals surface area contributed by atoms with E-state index in [0.29, 0.717) is 11.3 Å². The fourth-order valence-corrected chi connectivity index (χ4v) is 2.25. The lowest BCUT2D eigenvalue weighted by Crippen LogP contribution is -2.51. The van der Waals surface area contributed by atoms with Gasteiger partial charge in [-0.25, -0.2) is 0 Å². The molecule has 1 saturated heterocycles. The zero-order valence-corrected chi connectivity index (χ0v) is 12.3. The van der Waals surface area contributed by atoms with Crippen molar-refractivity contribution in [2.24, 2.45) is 5.92 Å². The second-order valence-corrected chi connectivity index (χ2v) is 5.58. The van der Waals surface area contributed by atoms with Gasteiger partial charge in [-0.3, -0.25) is 9.59 Å². The van der Waals surface area contributed by atoms with Crippen LogP contribution >= 0.6 is 0 Å². The van der Waals surface area contributed by atoms with Crippen LogP contribution in [0.1, 0.15) is 31.1 Å². The highest BCUT2D eigenvalue weighted by Crippen LogP contribution is 2.28. The summed E-state index contributed by atoms with van der Waals surface area (Å²) < 4.78 is 0. The van der Waals surface area contributed by atoms with Gasteiger partial charge in [-0.05, 0) is 12.8 Å². The molecule has 0 aromatic heterocycles. The molecule has 1 aliphatic heterocycles. The summed E-state index contributed by atoms with van der Waals surface area (Å²) in [6.07, 6.45) is 1.39. The molecule has 0 radical (unpaired) electrons. The molecule has 1 unspecified atom stereocenters. The third kappa shape index (κ3) is 2.33. The highest BCUT2D eigenvalue weighted by atomic mass is 16.2. The van der Waals surface area contributed by atoms with Gasteiger partial charge in [0.25, 0.3) is 5.91 Å². The number of allylic oxidation sites excluding steroid dienone is 1. The molecule has 1 heterocycles. The van der Waals surface area contributed by atoms with Crippen molar-refractivity contribution < 1.29 is 9.59 Å². The van der Waals surface area contributed by atoms with E-state index in [4.69, 9.17) is 0 Å². The molecule has 1 atom stereocenters. The molecule has 1 fully saturated rings. The fourth-order valence-electron chi connectivity index (χ4n) is 2.25. The van der Waals surface area contributed by atoms with Gasteiger partial charge in [-0.2, -0.15) is 0 Å². The highest BCUT2D eigenvalue weighted by Gasteiger charge is 2.44. The van der Waals surface area contributed by atoms with Crippen LogP contribution in [0.2, 0.25) is 0 Å². The number of ketones is 1. The van der Waals surface area contributed by atoms with Crippen molar-refractivity contribution in [1.29, 1.82) is 0 Å². The van der Waals surface area contributed by atoms with Crippen molar-refractivity contribution >= 4 is 11.7 Å². The van der Waals surface area contributed by atoms with E-state index in [-0.39, 0.29) is 17.6 Å². The maximum Gasteiger partial charge on any atom is 0.271 e. The van der Waals surface area contributed by atoms with E-state index >= 15 is 0 Å². The van der Waals surface area contributed by atoms with Crippen LogP contribution in [0.3, 0.4) is 0 Å². The number of carbonyl (C=O) groups excluding carboxylic acids is 2. The van der Waals surface area contributed by atoms with E-state index in [1.54, 1.807) is 36.2 Å². The van der Waals surface area contributed by atoms with Gasteiger partial charge in [-0.15, -0.1) is 0 Å². The Morgan fingerprint density at radius 2 is 1.90 bits per heavy atom. The number of carbonyl (C=O) groups is 2. The highest BCUT2D eigenvalue weighted by molar-refractivity contribution is 6.10. The predicted octanol–water partition coefficient (Wildman–Crippen LogP) is 2.19. The summed E-state index contributed by atoms with van der Waals surface area (Å²) in [5, 5.41) is 3.18. The molecular weight excluding hydrogens is 252 g/mol. The minimum Gasteiger partial charge on any atom is -0.358 e. The summed E-state index contributed by atoms with van der Waals surface area (Å²) in [7, 11) is 1.75. The van der Waals surface area contributed by atoms with E-state index in [2.05, 4.69) is 5.32 Å². The standard InChI is InChI=1S/C16H20N2O2/c1-11(2)16(3)17-13(15(20)18(16)4)10-14(19)12-8-6-5-7-9-12/h5-11,17H,1-4H3/b13-10-. The summed E-state index contributed by atoms with van der Waals surface area (Å²) in [5.74, 6) is -0.0810. The van der Waals surface area contributed by atoms with Crippen LogP contribution in [0.25, 0.3) is 0 Å². The second-order valence-electron chi connectivity index (χ2n) is 5.58. The number of hydrogen-bond donors (Lipinski definition) is 1. The van der Waals surface area contributed by atoms with Crippen molar-refractivity contribution in [3.05, 3.63) is 47.7 Å². The number of likely N-dealkylation sites (N-methyl/N-ethyl adjacent to an activating group) is 1. The normalized spacial score (nSPS) is 24.4. The summed E-state index contributed by atoms with van der Waals surface area (Å²) in [6.45, 7) is 6.04. The molecule has 1 aliphatic rings. The van der Waals surface area contributed by atoms with Gasteiger partial charge in [0.15, 0.2) is 5.78 Å². The van der Waals surface area contributed by atoms with Gasteiger partial charge >= 0.3 is 0 Å². The zero-order chi connectivity index (χ0) is 14.9. The van der Waals surface area contributed by atoms with Gasteiger partial charge in [0.1, 0.15) is 11.4 Å². The quantitative estimate of drug-likeness (QED) is 0.678. The van der Waals surface area contributed by atoms with Crippen LogP contribution in [0.5, 0.6) is 0 Å². The van der Waals surface area contributed by atoms with Crippen LogP contribution in [0.15, 0.2) is 42.1 Å². The van der Waals surface area contributed by atoms with Crippen molar-refractivity contribution in [2.45, 2.75) is 26.4 Å². The molecule has 0 spiro atoms. The Kier molecular flexibility index (Phi) is 3.66. The number of nitrogens with zero attached hydrogens (tertiary/aromatic N) is 1. The Morgan fingerprint density at radius 1 is 1.30 bits per heavy atom. The van der Waals surface area contributed by atoms with E-state index < -0.39 is 5.66 Å². The molecule has 4 heteroatoms. The third-order valence-corrected chi connectivity index (χ3v) is 4.08. The predicted molar refractivity (Wildman–Crippen MR) is 78.0 cm³/mol. The molecule has 4 nitrogen and oxygen atoms in total. The molecular formula is C16H20N2O2. The fraction of sp³-hybridized carbons (Fsp3) is 0.375. The summed E-state index contributed by atoms with van der Waals surface area (Å²) in [4.78, 5) is 26.0. The first-order valence-corrected chi connectivity index (χ1v) is 6.73. The van der Waals surface area contributed by atoms with E-state index in [9.17, 15) is 9.59 Å². The van der Waals surface area contributed by atoms with Crippen LogP contribution in [-0.4, -0.2) is 29.3 Å². The Hall–Kier alpha value is -2.10. The molecule has 106 valence electrons. The first-order valence-electron chi connectivity index (χ1n) is 6.73. The summed E-state index contributed by atoms with van der Waals surface area (Å²) in [6, 6.07) is 8.95. The maximum atomic E-state index is 12.2. The van der Waals surface area contributed by atoms with Crippen LogP contribution in [0.4, 0.5) is 0 Å². The van der Waals surface area contributed by atoms with Gasteiger partial charge < -0.3 is 10.2 Å². The topological polar surface area (TPSA) is 49.4 Å². The Morgan fingerprint density at radius 3 is 2.40 bits per heavy atom. The largest absolute Gasteiger partial charge is 0.358 e. The van der Waals surface area contributed by atoms with Crippen molar-refractivity contribution in [3.8, 4) is 0 Å². The van der Waals surface area contributed by atoms with E-state index in [0.717, 1.165) is 0 Å². The van der Waals surface area contributed by atoms with E-state index in [1.807, 2.05) is 26.8 Å². The number of benzene rings is 1. The number of nitrogens with one attached hydrogen (secondary N) is 1. The molecule has 1 N–H and O–H groups in total. The molecule has 1 aromatic rings. The molecule has 1 aromatic carbocycles. The third-order valence-electron chi connectivity index (χ3n) is 4.08. The van der Waals surface area contributed by atoms with Gasteiger partial charge in [0.2, 0.25) is 0 Å². The number of rotatable bonds is 3. The molecule has 1 amide bonds. The lowest BCUT2D eigenvalue weighted by Gasteiger charge is -2.35. The Bertz CT molecular complexity index is 563. The van der Waals surface area contributed by atoms with Crippen LogP contribution in [0, 0.1) is 5.92 Å². The van der Waals surface area contributed by atoms with Crippen LogP contribution < -0.4 is 5.32 Å². The van der Waals surface area contributed by atoms with Crippen molar-refractivity contribution in [1.82, 2.24) is 10.2 Å². The number of amides is 1. The second kappa shape index (κ2) is 5.12. The Balaban J connectivity index is 2.29. The zero-order valence-electron chi connectivity index (χ0n) is 12.3. The lowest BCUT2D eigenvalue weighted by molar-refractivity contribution is -0.128. The maximum absolute atomic E-state index is 12.2. The average molecular weight is 272 g/mol. The molecule has 0 saturated carbocycles. The van der Waals surface area contributed by atoms with E-state index in [1.165, 1.54) is 6.08 Å². The number of hydrogen-bond acceptors (Lipinski definition) is 3. The van der Waals surface area contributed by atoms with Gasteiger partial charge in [0, 0.05) is 18.7 Å². The average Bonchev–Trinajstić information content (AvgIpc) is 2.65.